The minimum atomic E-state index is 0.354. The van der Waals surface area contributed by atoms with Gasteiger partial charge in [0.05, 0.1) is 6.20 Å². The Balaban J connectivity index is 2.02. The molecule has 102 valence electrons. The van der Waals surface area contributed by atoms with Gasteiger partial charge in [-0.05, 0) is 37.6 Å². The number of aryl methyl sites for hydroxylation is 1. The number of nitrogens with zero attached hydrogens (tertiary/aromatic N) is 1. The molecule has 1 unspecified atom stereocenters. The highest BCUT2D eigenvalue weighted by Gasteiger charge is 2.07. The van der Waals surface area contributed by atoms with Crippen LogP contribution in [0.4, 0.5) is 0 Å². The highest BCUT2D eigenvalue weighted by Crippen LogP contribution is 2.23. The van der Waals surface area contributed by atoms with E-state index in [1.54, 1.807) is 12.3 Å². The highest BCUT2D eigenvalue weighted by molar-refractivity contribution is 5.37. The largest absolute Gasteiger partial charge is 0.485 e. The first-order chi connectivity index (χ1) is 9.20. The van der Waals surface area contributed by atoms with E-state index in [9.17, 15) is 0 Å². The van der Waals surface area contributed by atoms with Gasteiger partial charge in [0.25, 0.3) is 0 Å². The summed E-state index contributed by atoms with van der Waals surface area (Å²) in [7, 11) is 0. The Hall–Kier alpha value is -1.81. The highest BCUT2D eigenvalue weighted by atomic mass is 16.5. The average Bonchev–Trinajstić information content (AvgIpc) is 2.90. The van der Waals surface area contributed by atoms with Crippen LogP contribution >= 0.6 is 0 Å². The monoisotopic (exact) mass is 260 g/mol. The number of rotatable bonds is 6. The van der Waals surface area contributed by atoms with Crippen molar-refractivity contribution in [3.05, 3.63) is 47.3 Å². The first-order valence-corrected chi connectivity index (χ1v) is 6.57. The summed E-state index contributed by atoms with van der Waals surface area (Å²) in [5.74, 6) is 1.60. The molecule has 1 heterocycles. The van der Waals surface area contributed by atoms with Crippen LogP contribution in [0.3, 0.4) is 0 Å². The summed E-state index contributed by atoms with van der Waals surface area (Å²) in [6.45, 7) is 7.69. The molecule has 0 fully saturated rings. The standard InChI is InChI=1S/C15H20N2O2/c1-4-16-12(3)13-5-6-15(11(2)9-13)18-10-14-7-8-17-19-14/h5-9,12,16H,4,10H2,1-3H3. The molecule has 0 saturated heterocycles. The first kappa shape index (κ1) is 13.6. The van der Waals surface area contributed by atoms with Crippen LogP contribution in [0.2, 0.25) is 0 Å². The lowest BCUT2D eigenvalue weighted by molar-refractivity contribution is 0.248. The molecule has 19 heavy (non-hydrogen) atoms. The zero-order valence-electron chi connectivity index (χ0n) is 11.6. The van der Waals surface area contributed by atoms with Gasteiger partial charge < -0.3 is 14.6 Å². The van der Waals surface area contributed by atoms with E-state index in [0.717, 1.165) is 23.6 Å². The van der Waals surface area contributed by atoms with Crippen LogP contribution in [-0.4, -0.2) is 11.7 Å². The molecular formula is C15H20N2O2. The first-order valence-electron chi connectivity index (χ1n) is 6.57. The quantitative estimate of drug-likeness (QED) is 0.866. The molecule has 0 aliphatic rings. The Morgan fingerprint density at radius 3 is 2.84 bits per heavy atom. The van der Waals surface area contributed by atoms with Crippen molar-refractivity contribution in [1.82, 2.24) is 10.5 Å². The van der Waals surface area contributed by atoms with Crippen molar-refractivity contribution in [1.29, 1.82) is 0 Å². The predicted octanol–water partition coefficient (Wildman–Crippen LogP) is 3.23. The number of hydrogen-bond donors (Lipinski definition) is 1. The maximum Gasteiger partial charge on any atom is 0.174 e. The third-order valence-electron chi connectivity index (χ3n) is 3.07. The molecular weight excluding hydrogens is 240 g/mol. The second-order valence-electron chi connectivity index (χ2n) is 4.57. The van der Waals surface area contributed by atoms with Crippen LogP contribution in [0.25, 0.3) is 0 Å². The molecule has 0 aliphatic carbocycles. The summed E-state index contributed by atoms with van der Waals surface area (Å²) in [5, 5.41) is 7.05. The molecule has 1 aromatic heterocycles. The van der Waals surface area contributed by atoms with E-state index >= 15 is 0 Å². The fourth-order valence-electron chi connectivity index (χ4n) is 1.99. The van der Waals surface area contributed by atoms with Gasteiger partial charge in [0, 0.05) is 12.1 Å². The van der Waals surface area contributed by atoms with Crippen LogP contribution in [0.15, 0.2) is 35.0 Å². The lowest BCUT2D eigenvalue weighted by Crippen LogP contribution is -2.17. The Morgan fingerprint density at radius 1 is 1.37 bits per heavy atom. The average molecular weight is 260 g/mol. The Morgan fingerprint density at radius 2 is 2.21 bits per heavy atom. The summed E-state index contributed by atoms with van der Waals surface area (Å²) in [5.41, 5.74) is 2.40. The molecule has 0 saturated carbocycles. The molecule has 1 aromatic carbocycles. The fourth-order valence-corrected chi connectivity index (χ4v) is 1.99. The number of hydrogen-bond acceptors (Lipinski definition) is 4. The lowest BCUT2D eigenvalue weighted by Gasteiger charge is -2.15. The van der Waals surface area contributed by atoms with Crippen molar-refractivity contribution in [2.24, 2.45) is 0 Å². The Labute approximate surface area is 113 Å². The van der Waals surface area contributed by atoms with E-state index in [-0.39, 0.29) is 0 Å². The molecule has 4 nitrogen and oxygen atoms in total. The van der Waals surface area contributed by atoms with Crippen molar-refractivity contribution in [3.8, 4) is 5.75 Å². The van der Waals surface area contributed by atoms with Crippen molar-refractivity contribution in [2.75, 3.05) is 6.54 Å². The fraction of sp³-hybridized carbons (Fsp3) is 0.400. The Bertz CT molecular complexity index is 509. The van der Waals surface area contributed by atoms with Crippen LogP contribution in [0.1, 0.15) is 36.8 Å². The van der Waals surface area contributed by atoms with Crippen molar-refractivity contribution in [2.45, 2.75) is 33.4 Å². The molecule has 0 amide bonds. The molecule has 0 aliphatic heterocycles. The van der Waals surface area contributed by atoms with E-state index in [0.29, 0.717) is 12.6 Å². The van der Waals surface area contributed by atoms with Gasteiger partial charge in [-0.3, -0.25) is 0 Å². The second-order valence-corrected chi connectivity index (χ2v) is 4.57. The number of nitrogens with one attached hydrogen (secondary N) is 1. The van der Waals surface area contributed by atoms with Gasteiger partial charge in [-0.2, -0.15) is 0 Å². The van der Waals surface area contributed by atoms with Gasteiger partial charge in [0.15, 0.2) is 5.76 Å². The summed E-state index contributed by atoms with van der Waals surface area (Å²) < 4.78 is 10.7. The van der Waals surface area contributed by atoms with Crippen LogP contribution in [0, 0.1) is 6.92 Å². The maximum atomic E-state index is 5.72. The third kappa shape index (κ3) is 3.58. The van der Waals surface area contributed by atoms with Crippen molar-refractivity contribution < 1.29 is 9.26 Å². The van der Waals surface area contributed by atoms with Crippen molar-refractivity contribution in [3.63, 3.8) is 0 Å². The van der Waals surface area contributed by atoms with Gasteiger partial charge in [-0.15, -0.1) is 0 Å². The molecule has 2 aromatic rings. The molecule has 1 atom stereocenters. The summed E-state index contributed by atoms with van der Waals surface area (Å²) >= 11 is 0. The van der Waals surface area contributed by atoms with Gasteiger partial charge in [0.2, 0.25) is 0 Å². The zero-order chi connectivity index (χ0) is 13.7. The van der Waals surface area contributed by atoms with E-state index < -0.39 is 0 Å². The summed E-state index contributed by atoms with van der Waals surface area (Å²) in [6, 6.07) is 8.41. The van der Waals surface area contributed by atoms with E-state index in [4.69, 9.17) is 9.26 Å². The lowest BCUT2D eigenvalue weighted by atomic mass is 10.1. The van der Waals surface area contributed by atoms with E-state index in [2.05, 4.69) is 43.4 Å². The zero-order valence-corrected chi connectivity index (χ0v) is 11.6. The smallest absolute Gasteiger partial charge is 0.174 e. The minimum Gasteiger partial charge on any atom is -0.485 e. The number of aromatic nitrogens is 1. The van der Waals surface area contributed by atoms with Gasteiger partial charge in [0.1, 0.15) is 12.4 Å². The van der Waals surface area contributed by atoms with Crippen LogP contribution < -0.4 is 10.1 Å². The SMILES string of the molecule is CCNC(C)c1ccc(OCc2ccno2)c(C)c1. The third-order valence-corrected chi connectivity index (χ3v) is 3.07. The molecule has 2 rings (SSSR count). The molecule has 1 N–H and O–H groups in total. The van der Waals surface area contributed by atoms with Crippen LogP contribution in [0.5, 0.6) is 5.75 Å². The second kappa shape index (κ2) is 6.38. The van der Waals surface area contributed by atoms with Gasteiger partial charge in [-0.1, -0.05) is 24.2 Å². The maximum absolute atomic E-state index is 5.72. The number of benzene rings is 1. The topological polar surface area (TPSA) is 47.3 Å². The molecule has 0 bridgehead atoms. The Kier molecular flexibility index (Phi) is 4.58. The molecule has 4 heteroatoms. The predicted molar refractivity (Wildman–Crippen MR) is 74.1 cm³/mol. The van der Waals surface area contributed by atoms with Gasteiger partial charge >= 0.3 is 0 Å². The normalized spacial score (nSPS) is 12.4. The summed E-state index contributed by atoms with van der Waals surface area (Å²) in [6.07, 6.45) is 1.62. The molecule has 0 radical (unpaired) electrons. The summed E-state index contributed by atoms with van der Waals surface area (Å²) in [4.78, 5) is 0. The van der Waals surface area contributed by atoms with Crippen molar-refractivity contribution >= 4 is 0 Å². The molecule has 0 spiro atoms. The minimum absolute atomic E-state index is 0.354. The number of ether oxygens (including phenoxy) is 1. The van der Waals surface area contributed by atoms with E-state index in [1.807, 2.05) is 6.07 Å². The van der Waals surface area contributed by atoms with Gasteiger partial charge in [-0.25, -0.2) is 0 Å². The van der Waals surface area contributed by atoms with E-state index in [1.165, 1.54) is 5.56 Å². The van der Waals surface area contributed by atoms with Crippen LogP contribution in [-0.2, 0) is 6.61 Å².